The fourth-order valence-corrected chi connectivity index (χ4v) is 3.56. The molecule has 0 aromatic heterocycles. The monoisotopic (exact) mass is 304 g/mol. The molecule has 0 spiro atoms. The second kappa shape index (κ2) is 6.64. The lowest BCUT2D eigenvalue weighted by atomic mass is 10.2. The predicted octanol–water partition coefficient (Wildman–Crippen LogP) is -0.310. The summed E-state index contributed by atoms with van der Waals surface area (Å²) in [5.74, 6) is 0.203. The van der Waals surface area contributed by atoms with Gasteiger partial charge in [-0.05, 0) is 6.92 Å². The van der Waals surface area contributed by atoms with E-state index in [1.54, 1.807) is 16.7 Å². The van der Waals surface area contributed by atoms with E-state index in [1.165, 1.54) is 4.90 Å². The number of hydrogen-bond acceptors (Lipinski definition) is 5. The number of carboxylic acid groups (broad SMARTS) is 1. The number of thioether (sulfide) groups is 1. The number of rotatable bonds is 2. The Balaban J connectivity index is 2.06. The summed E-state index contributed by atoms with van der Waals surface area (Å²) in [7, 11) is 0. The smallest absolute Gasteiger partial charge is 0.327 e. The van der Waals surface area contributed by atoms with E-state index in [4.69, 9.17) is 4.74 Å². The molecule has 2 heterocycles. The van der Waals surface area contributed by atoms with Gasteiger partial charge in [-0.3, -0.25) is 0 Å². The summed E-state index contributed by atoms with van der Waals surface area (Å²) in [5.41, 5.74) is 0. The summed E-state index contributed by atoms with van der Waals surface area (Å²) in [4.78, 5) is 26.8. The number of carbonyl (C=O) groups excluding carboxylic acids is 1. The van der Waals surface area contributed by atoms with Crippen LogP contribution in [-0.4, -0.2) is 88.0 Å². The number of amides is 2. The van der Waals surface area contributed by atoms with Crippen LogP contribution in [-0.2, 0) is 9.53 Å². The summed E-state index contributed by atoms with van der Waals surface area (Å²) < 4.78 is 5.49. The standard InChI is InChI=1S/C12H20N2O5S/c1-8-4-13(5-9(6-15)19-8)12(18)14-2-3-20-7-10(14)11(16)17/h8-10,15H,2-7H2,1H3,(H,16,17). The van der Waals surface area contributed by atoms with E-state index in [2.05, 4.69) is 0 Å². The van der Waals surface area contributed by atoms with Crippen molar-refractivity contribution in [1.29, 1.82) is 0 Å². The van der Waals surface area contributed by atoms with Crippen molar-refractivity contribution in [1.82, 2.24) is 9.80 Å². The Kier molecular flexibility index (Phi) is 5.11. The van der Waals surface area contributed by atoms with Crippen molar-refractivity contribution in [3.8, 4) is 0 Å². The van der Waals surface area contributed by atoms with Crippen molar-refractivity contribution in [3.63, 3.8) is 0 Å². The SMILES string of the molecule is CC1CN(C(=O)N2CCSCC2C(=O)O)CC(CO)O1. The molecular weight excluding hydrogens is 284 g/mol. The molecule has 20 heavy (non-hydrogen) atoms. The molecule has 2 N–H and O–H groups in total. The first kappa shape index (κ1) is 15.4. The molecule has 2 amide bonds. The molecule has 0 saturated carbocycles. The molecule has 8 heteroatoms. The lowest BCUT2D eigenvalue weighted by Gasteiger charge is -2.41. The van der Waals surface area contributed by atoms with Crippen molar-refractivity contribution in [2.75, 3.05) is 37.7 Å². The lowest BCUT2D eigenvalue weighted by molar-refractivity contribution is -0.142. The van der Waals surface area contributed by atoms with E-state index >= 15 is 0 Å². The average molecular weight is 304 g/mol. The first-order valence-electron chi connectivity index (χ1n) is 6.65. The summed E-state index contributed by atoms with van der Waals surface area (Å²) in [6.45, 7) is 2.85. The molecule has 2 saturated heterocycles. The molecule has 3 atom stereocenters. The van der Waals surface area contributed by atoms with Crippen LogP contribution in [0.4, 0.5) is 4.79 Å². The fraction of sp³-hybridized carbons (Fsp3) is 0.833. The number of ether oxygens (including phenoxy) is 1. The molecule has 3 unspecified atom stereocenters. The number of aliphatic carboxylic acids is 1. The Bertz CT molecular complexity index is 381. The minimum Gasteiger partial charge on any atom is -0.480 e. The third-order valence-corrected chi connectivity index (χ3v) is 4.48. The first-order chi connectivity index (χ1) is 9.52. The van der Waals surface area contributed by atoms with Gasteiger partial charge in [0.25, 0.3) is 0 Å². The second-order valence-electron chi connectivity index (χ2n) is 5.06. The maximum atomic E-state index is 12.5. The molecule has 2 rings (SSSR count). The number of carboxylic acids is 1. The topological polar surface area (TPSA) is 90.3 Å². The van der Waals surface area contributed by atoms with Crippen LogP contribution < -0.4 is 0 Å². The van der Waals surface area contributed by atoms with Gasteiger partial charge in [0.1, 0.15) is 6.04 Å². The Hall–Kier alpha value is -0.990. The van der Waals surface area contributed by atoms with Gasteiger partial charge >= 0.3 is 12.0 Å². The highest BCUT2D eigenvalue weighted by Crippen LogP contribution is 2.20. The molecular formula is C12H20N2O5S. The molecule has 2 aliphatic rings. The van der Waals surface area contributed by atoms with Crippen LogP contribution in [0.3, 0.4) is 0 Å². The minimum absolute atomic E-state index is 0.146. The predicted molar refractivity (Wildman–Crippen MR) is 73.8 cm³/mol. The maximum absolute atomic E-state index is 12.5. The van der Waals surface area contributed by atoms with Crippen LogP contribution in [0.2, 0.25) is 0 Å². The number of nitrogens with zero attached hydrogens (tertiary/aromatic N) is 2. The second-order valence-corrected chi connectivity index (χ2v) is 6.21. The van der Waals surface area contributed by atoms with Gasteiger partial charge in [0.2, 0.25) is 0 Å². The van der Waals surface area contributed by atoms with E-state index < -0.39 is 18.1 Å². The molecule has 7 nitrogen and oxygen atoms in total. The van der Waals surface area contributed by atoms with Gasteiger partial charge in [0, 0.05) is 24.6 Å². The molecule has 114 valence electrons. The number of urea groups is 1. The number of carbonyl (C=O) groups is 2. The molecule has 0 radical (unpaired) electrons. The van der Waals surface area contributed by atoms with Gasteiger partial charge in [0.05, 0.1) is 25.4 Å². The van der Waals surface area contributed by atoms with Crippen LogP contribution in [0.15, 0.2) is 0 Å². The van der Waals surface area contributed by atoms with Crippen molar-refractivity contribution < 1.29 is 24.5 Å². The number of hydrogen-bond donors (Lipinski definition) is 2. The van der Waals surface area contributed by atoms with Gasteiger partial charge in [-0.25, -0.2) is 9.59 Å². The molecule has 2 fully saturated rings. The minimum atomic E-state index is -0.967. The van der Waals surface area contributed by atoms with Crippen LogP contribution in [0, 0.1) is 0 Å². The third kappa shape index (κ3) is 3.36. The van der Waals surface area contributed by atoms with Crippen molar-refractivity contribution >= 4 is 23.8 Å². The first-order valence-corrected chi connectivity index (χ1v) is 7.80. The fourth-order valence-electron chi connectivity index (χ4n) is 2.52. The van der Waals surface area contributed by atoms with Gasteiger partial charge in [-0.1, -0.05) is 0 Å². The zero-order chi connectivity index (χ0) is 14.7. The van der Waals surface area contributed by atoms with E-state index in [0.717, 1.165) is 5.75 Å². The van der Waals surface area contributed by atoms with Crippen molar-refractivity contribution in [3.05, 3.63) is 0 Å². The molecule has 0 aromatic rings. The highest BCUT2D eigenvalue weighted by Gasteiger charge is 2.37. The zero-order valence-electron chi connectivity index (χ0n) is 11.4. The largest absolute Gasteiger partial charge is 0.480 e. The lowest BCUT2D eigenvalue weighted by Crippen LogP contribution is -2.59. The van der Waals surface area contributed by atoms with Crippen LogP contribution in [0.5, 0.6) is 0 Å². The molecule has 0 aromatic carbocycles. The summed E-state index contributed by atoms with van der Waals surface area (Å²) >= 11 is 1.55. The Morgan fingerprint density at radius 2 is 2.15 bits per heavy atom. The highest BCUT2D eigenvalue weighted by atomic mass is 32.2. The number of aliphatic hydroxyl groups excluding tert-OH is 1. The van der Waals surface area contributed by atoms with Crippen LogP contribution >= 0.6 is 11.8 Å². The number of aliphatic hydroxyl groups is 1. The Morgan fingerprint density at radius 1 is 1.40 bits per heavy atom. The summed E-state index contributed by atoms with van der Waals surface area (Å²) in [5, 5.41) is 18.4. The third-order valence-electron chi connectivity index (χ3n) is 3.46. The van der Waals surface area contributed by atoms with Gasteiger partial charge in [0.15, 0.2) is 0 Å². The zero-order valence-corrected chi connectivity index (χ0v) is 12.2. The van der Waals surface area contributed by atoms with Crippen LogP contribution in [0.25, 0.3) is 0 Å². The van der Waals surface area contributed by atoms with E-state index in [9.17, 15) is 19.8 Å². The molecule has 0 bridgehead atoms. The average Bonchev–Trinajstić information content (AvgIpc) is 2.45. The van der Waals surface area contributed by atoms with E-state index in [0.29, 0.717) is 25.4 Å². The van der Waals surface area contributed by atoms with Crippen molar-refractivity contribution in [2.45, 2.75) is 25.2 Å². The van der Waals surface area contributed by atoms with Crippen molar-refractivity contribution in [2.24, 2.45) is 0 Å². The quantitative estimate of drug-likeness (QED) is 0.727. The number of morpholine rings is 1. The normalized spacial score (nSPS) is 31.2. The summed E-state index contributed by atoms with van der Waals surface area (Å²) in [6.07, 6.45) is -0.558. The van der Waals surface area contributed by atoms with E-state index in [1.807, 2.05) is 6.92 Å². The van der Waals surface area contributed by atoms with E-state index in [-0.39, 0.29) is 18.7 Å². The van der Waals surface area contributed by atoms with Gasteiger partial charge in [-0.2, -0.15) is 11.8 Å². The molecule has 2 aliphatic heterocycles. The van der Waals surface area contributed by atoms with Gasteiger partial charge in [-0.15, -0.1) is 0 Å². The Morgan fingerprint density at radius 3 is 2.80 bits per heavy atom. The molecule has 0 aliphatic carbocycles. The van der Waals surface area contributed by atoms with Gasteiger partial charge < -0.3 is 24.7 Å². The summed E-state index contributed by atoms with van der Waals surface area (Å²) in [6, 6.07) is -1.04. The van der Waals surface area contributed by atoms with Crippen LogP contribution in [0.1, 0.15) is 6.92 Å². The maximum Gasteiger partial charge on any atom is 0.327 e. The Labute approximate surface area is 121 Å². The highest BCUT2D eigenvalue weighted by molar-refractivity contribution is 7.99.